The number of rotatable bonds is 6. The van der Waals surface area contributed by atoms with Crippen LogP contribution < -0.4 is 10.1 Å². The van der Waals surface area contributed by atoms with Crippen LogP contribution in [0.1, 0.15) is 18.4 Å². The van der Waals surface area contributed by atoms with E-state index in [0.29, 0.717) is 12.8 Å². The van der Waals surface area contributed by atoms with Crippen molar-refractivity contribution in [1.29, 1.82) is 0 Å². The second kappa shape index (κ2) is 8.21. The Hall–Kier alpha value is -2.30. The van der Waals surface area contributed by atoms with E-state index in [0.717, 1.165) is 5.56 Å². The predicted molar refractivity (Wildman–Crippen MR) is 96.7 cm³/mol. The van der Waals surface area contributed by atoms with E-state index < -0.39 is 22.1 Å². The lowest BCUT2D eigenvalue weighted by Gasteiger charge is -2.22. The molecule has 1 N–H and O–H groups in total. The molecule has 1 aromatic carbocycles. The van der Waals surface area contributed by atoms with Gasteiger partial charge in [-0.3, -0.25) is 9.59 Å². The standard InChI is InChI=1S/C18H21F3N2O5S/c19-18(20,21)28-15-3-1-12(2-4-15)5-7-22-17(25)13-9-16(24)23(10-13)14-6-8-29(26,27)11-14/h1-4,13-14H,5-11H2,(H,22,25). The second-order valence-corrected chi connectivity index (χ2v) is 9.47. The molecule has 7 nitrogen and oxygen atoms in total. The number of hydrogen-bond donors (Lipinski definition) is 1. The maximum atomic E-state index is 12.3. The number of carbonyl (C=O) groups is 2. The molecule has 0 aliphatic carbocycles. The van der Waals surface area contributed by atoms with Crippen LogP contribution in [0.15, 0.2) is 24.3 Å². The molecule has 2 fully saturated rings. The minimum Gasteiger partial charge on any atom is -0.406 e. The smallest absolute Gasteiger partial charge is 0.406 e. The van der Waals surface area contributed by atoms with Gasteiger partial charge in [-0.25, -0.2) is 8.42 Å². The third-order valence-corrected chi connectivity index (χ3v) is 6.80. The van der Waals surface area contributed by atoms with Gasteiger partial charge in [-0.2, -0.15) is 0 Å². The van der Waals surface area contributed by atoms with E-state index in [1.165, 1.54) is 29.2 Å². The Kier molecular flexibility index (Phi) is 6.06. The molecule has 2 heterocycles. The van der Waals surface area contributed by atoms with Crippen molar-refractivity contribution in [3.8, 4) is 5.75 Å². The van der Waals surface area contributed by atoms with E-state index in [9.17, 15) is 31.2 Å². The van der Waals surface area contributed by atoms with Crippen molar-refractivity contribution in [1.82, 2.24) is 10.2 Å². The molecule has 2 amide bonds. The molecule has 0 aromatic heterocycles. The van der Waals surface area contributed by atoms with Crippen LogP contribution >= 0.6 is 0 Å². The predicted octanol–water partition coefficient (Wildman–Crippen LogP) is 1.28. The van der Waals surface area contributed by atoms with Gasteiger partial charge in [-0.1, -0.05) is 12.1 Å². The van der Waals surface area contributed by atoms with Gasteiger partial charge in [0, 0.05) is 25.6 Å². The third-order valence-electron chi connectivity index (χ3n) is 5.05. The van der Waals surface area contributed by atoms with Crippen molar-refractivity contribution in [3.63, 3.8) is 0 Å². The molecule has 0 saturated carbocycles. The van der Waals surface area contributed by atoms with Crippen LogP contribution in [0.2, 0.25) is 0 Å². The zero-order valence-electron chi connectivity index (χ0n) is 15.4. The number of nitrogens with one attached hydrogen (secondary N) is 1. The molecule has 2 aliphatic heterocycles. The Morgan fingerprint density at radius 2 is 1.93 bits per heavy atom. The highest BCUT2D eigenvalue weighted by Gasteiger charge is 2.41. The summed E-state index contributed by atoms with van der Waals surface area (Å²) in [4.78, 5) is 26.0. The van der Waals surface area contributed by atoms with Gasteiger partial charge in [0.1, 0.15) is 5.75 Å². The number of sulfone groups is 1. The van der Waals surface area contributed by atoms with Gasteiger partial charge in [0.25, 0.3) is 0 Å². The first-order valence-corrected chi connectivity index (χ1v) is 11.0. The molecule has 0 spiro atoms. The van der Waals surface area contributed by atoms with Crippen LogP contribution in [0, 0.1) is 5.92 Å². The zero-order valence-corrected chi connectivity index (χ0v) is 16.3. The summed E-state index contributed by atoms with van der Waals surface area (Å²) in [6.07, 6.45) is -3.89. The molecular formula is C18H21F3N2O5S. The van der Waals surface area contributed by atoms with E-state index in [2.05, 4.69) is 10.1 Å². The lowest BCUT2D eigenvalue weighted by molar-refractivity contribution is -0.274. The summed E-state index contributed by atoms with van der Waals surface area (Å²) in [5.74, 6) is -1.35. The summed E-state index contributed by atoms with van der Waals surface area (Å²) >= 11 is 0. The number of carbonyl (C=O) groups excluding carboxylic acids is 2. The van der Waals surface area contributed by atoms with Crippen molar-refractivity contribution < 1.29 is 35.9 Å². The number of amides is 2. The Balaban J connectivity index is 1.45. The third kappa shape index (κ3) is 5.84. The first-order chi connectivity index (χ1) is 13.5. The van der Waals surface area contributed by atoms with Crippen molar-refractivity contribution in [3.05, 3.63) is 29.8 Å². The highest BCUT2D eigenvalue weighted by atomic mass is 32.2. The van der Waals surface area contributed by atoms with E-state index in [4.69, 9.17) is 0 Å². The van der Waals surface area contributed by atoms with Crippen molar-refractivity contribution in [2.24, 2.45) is 5.92 Å². The normalized spacial score (nSPS) is 24.0. The Morgan fingerprint density at radius 3 is 2.52 bits per heavy atom. The van der Waals surface area contributed by atoms with Gasteiger partial charge < -0.3 is 15.0 Å². The number of alkyl halides is 3. The molecule has 2 unspecified atom stereocenters. The molecule has 29 heavy (non-hydrogen) atoms. The molecule has 2 aliphatic rings. The molecule has 11 heteroatoms. The minimum absolute atomic E-state index is 0.0475. The van der Waals surface area contributed by atoms with Crippen molar-refractivity contribution in [2.75, 3.05) is 24.6 Å². The Labute approximate surface area is 166 Å². The van der Waals surface area contributed by atoms with Gasteiger partial charge in [0.2, 0.25) is 11.8 Å². The van der Waals surface area contributed by atoms with Gasteiger partial charge in [0.15, 0.2) is 9.84 Å². The summed E-state index contributed by atoms with van der Waals surface area (Å²) in [5.41, 5.74) is 0.722. The number of likely N-dealkylation sites (tertiary alicyclic amines) is 1. The SMILES string of the molecule is O=C(NCCc1ccc(OC(F)(F)F)cc1)C1CC(=O)N(C2CCS(=O)(=O)C2)C1. The first-order valence-electron chi connectivity index (χ1n) is 9.15. The van der Waals surface area contributed by atoms with E-state index in [1.54, 1.807) is 0 Å². The molecular weight excluding hydrogens is 413 g/mol. The van der Waals surface area contributed by atoms with E-state index in [-0.39, 0.29) is 54.6 Å². The number of hydrogen-bond acceptors (Lipinski definition) is 5. The highest BCUT2D eigenvalue weighted by Crippen LogP contribution is 2.26. The fourth-order valence-corrected chi connectivity index (χ4v) is 5.34. The molecule has 2 atom stereocenters. The summed E-state index contributed by atoms with van der Waals surface area (Å²) in [7, 11) is -3.12. The summed E-state index contributed by atoms with van der Waals surface area (Å²) < 4.78 is 63.4. The topological polar surface area (TPSA) is 92.8 Å². The molecule has 0 bridgehead atoms. The van der Waals surface area contributed by atoms with Crippen molar-refractivity contribution in [2.45, 2.75) is 31.7 Å². The maximum Gasteiger partial charge on any atom is 0.573 e. The number of ether oxygens (including phenoxy) is 1. The molecule has 2 saturated heterocycles. The monoisotopic (exact) mass is 434 g/mol. The second-order valence-electron chi connectivity index (χ2n) is 7.24. The number of benzene rings is 1. The van der Waals surface area contributed by atoms with E-state index >= 15 is 0 Å². The maximum absolute atomic E-state index is 12.3. The van der Waals surface area contributed by atoms with Crippen LogP contribution in [0.5, 0.6) is 5.75 Å². The average Bonchev–Trinajstić information content (AvgIpc) is 3.17. The van der Waals surface area contributed by atoms with Crippen LogP contribution in [0.3, 0.4) is 0 Å². The average molecular weight is 434 g/mol. The molecule has 160 valence electrons. The van der Waals surface area contributed by atoms with Crippen molar-refractivity contribution >= 4 is 21.7 Å². The molecule has 1 aromatic rings. The van der Waals surface area contributed by atoms with E-state index in [1.807, 2.05) is 0 Å². The fourth-order valence-electron chi connectivity index (χ4n) is 3.61. The Bertz CT molecular complexity index is 870. The van der Waals surface area contributed by atoms with Crippen LogP contribution in [-0.4, -0.2) is 62.1 Å². The quantitative estimate of drug-likeness (QED) is 0.728. The number of nitrogens with zero attached hydrogens (tertiary/aromatic N) is 1. The Morgan fingerprint density at radius 1 is 1.24 bits per heavy atom. The molecule has 0 radical (unpaired) electrons. The summed E-state index contributed by atoms with van der Waals surface area (Å²) in [6, 6.07) is 5.01. The van der Waals surface area contributed by atoms with Crippen LogP contribution in [0.25, 0.3) is 0 Å². The highest BCUT2D eigenvalue weighted by molar-refractivity contribution is 7.91. The zero-order chi connectivity index (χ0) is 21.2. The summed E-state index contributed by atoms with van der Waals surface area (Å²) in [6.45, 7) is 0.467. The number of halogens is 3. The summed E-state index contributed by atoms with van der Waals surface area (Å²) in [5, 5.41) is 2.73. The molecule has 3 rings (SSSR count). The van der Waals surface area contributed by atoms with Crippen LogP contribution in [-0.2, 0) is 25.8 Å². The first kappa shape index (κ1) is 21.4. The largest absolute Gasteiger partial charge is 0.573 e. The lowest BCUT2D eigenvalue weighted by Crippen LogP contribution is -2.39. The lowest BCUT2D eigenvalue weighted by atomic mass is 10.1. The minimum atomic E-state index is -4.75. The van der Waals surface area contributed by atoms with Gasteiger partial charge >= 0.3 is 6.36 Å². The van der Waals surface area contributed by atoms with Gasteiger partial charge in [-0.15, -0.1) is 13.2 Å². The fraction of sp³-hybridized carbons (Fsp3) is 0.556. The van der Waals surface area contributed by atoms with Gasteiger partial charge in [-0.05, 0) is 30.5 Å². The van der Waals surface area contributed by atoms with Gasteiger partial charge in [0.05, 0.1) is 17.4 Å². The van der Waals surface area contributed by atoms with Crippen LogP contribution in [0.4, 0.5) is 13.2 Å².